The number of fused-ring (bicyclic) bond motifs is 6. The van der Waals surface area contributed by atoms with Gasteiger partial charge in [-0.15, -0.1) is 0 Å². The number of hydrogen-bond acceptors (Lipinski definition) is 4. The highest BCUT2D eigenvalue weighted by Crippen LogP contribution is 2.59. The van der Waals surface area contributed by atoms with Crippen LogP contribution in [-0.2, 0) is 5.41 Å². The number of furan rings is 1. The first-order valence-corrected chi connectivity index (χ1v) is 21.0. The summed E-state index contributed by atoms with van der Waals surface area (Å²) in [6.45, 7) is 0. The fourth-order valence-electron chi connectivity index (χ4n) is 9.77. The van der Waals surface area contributed by atoms with Crippen LogP contribution in [0.1, 0.15) is 22.3 Å². The maximum absolute atomic E-state index is 6.57. The van der Waals surface area contributed by atoms with Crippen molar-refractivity contribution in [2.45, 2.75) is 5.41 Å². The molecule has 0 spiro atoms. The molecule has 0 saturated carbocycles. The lowest BCUT2D eigenvalue weighted by Crippen LogP contribution is -2.28. The van der Waals surface area contributed by atoms with Crippen LogP contribution >= 0.6 is 0 Å². The molecular weight excluding hydrogens is 755 g/mol. The topological polar surface area (TPSA) is 51.8 Å². The SMILES string of the molecule is c1ccc(-c2cc(-c3cc(-c4ccnc5c4oc4ccccc45)ccc3-c3cccc4c3-c3ccccc3C4(c3ccccc3)c3ccccc3)nc(-c3ccccc3)n2)cc1. The van der Waals surface area contributed by atoms with Crippen molar-refractivity contribution in [3.05, 3.63) is 247 Å². The molecule has 62 heavy (non-hydrogen) atoms. The summed E-state index contributed by atoms with van der Waals surface area (Å²) in [7, 11) is 0. The summed E-state index contributed by atoms with van der Waals surface area (Å²) in [4.78, 5) is 15.4. The second-order valence-corrected chi connectivity index (χ2v) is 15.8. The Kier molecular flexibility index (Phi) is 8.36. The van der Waals surface area contributed by atoms with Gasteiger partial charge in [0.2, 0.25) is 0 Å². The van der Waals surface area contributed by atoms with Crippen molar-refractivity contribution in [1.29, 1.82) is 0 Å². The highest BCUT2D eigenvalue weighted by molar-refractivity contribution is 6.08. The Balaban J connectivity index is 1.17. The third-order valence-corrected chi connectivity index (χ3v) is 12.5. The van der Waals surface area contributed by atoms with Gasteiger partial charge in [0, 0.05) is 33.8 Å². The number of rotatable bonds is 7. The van der Waals surface area contributed by atoms with Gasteiger partial charge in [-0.3, -0.25) is 4.98 Å². The Labute approximate surface area is 359 Å². The quantitative estimate of drug-likeness (QED) is 0.161. The van der Waals surface area contributed by atoms with Crippen molar-refractivity contribution in [1.82, 2.24) is 15.0 Å². The third kappa shape index (κ3) is 5.58. The summed E-state index contributed by atoms with van der Waals surface area (Å²) in [5, 5.41) is 0.996. The Hall–Kier alpha value is -8.21. The maximum atomic E-state index is 6.57. The second-order valence-electron chi connectivity index (χ2n) is 15.8. The van der Waals surface area contributed by atoms with E-state index >= 15 is 0 Å². The molecule has 12 rings (SSSR count). The number of hydrogen-bond donors (Lipinski definition) is 0. The summed E-state index contributed by atoms with van der Waals surface area (Å²) in [5.41, 5.74) is 18.1. The van der Waals surface area contributed by atoms with Crippen molar-refractivity contribution < 1.29 is 4.42 Å². The molecule has 4 heteroatoms. The first-order chi connectivity index (χ1) is 30.8. The zero-order valence-corrected chi connectivity index (χ0v) is 33.6. The molecule has 8 aromatic carbocycles. The van der Waals surface area contributed by atoms with E-state index in [0.717, 1.165) is 72.4 Å². The maximum Gasteiger partial charge on any atom is 0.161 e. The molecule has 1 aliphatic carbocycles. The minimum Gasteiger partial charge on any atom is -0.454 e. The number of para-hydroxylation sites is 1. The van der Waals surface area contributed by atoms with E-state index in [1.165, 1.54) is 33.4 Å². The minimum absolute atomic E-state index is 0.537. The van der Waals surface area contributed by atoms with Gasteiger partial charge in [0.25, 0.3) is 0 Å². The number of aromatic nitrogens is 3. The zero-order chi connectivity index (χ0) is 41.0. The number of pyridine rings is 1. The van der Waals surface area contributed by atoms with Crippen LogP contribution in [0.3, 0.4) is 0 Å². The second kappa shape index (κ2) is 14.5. The van der Waals surface area contributed by atoms with E-state index in [1.54, 1.807) is 0 Å². The lowest BCUT2D eigenvalue weighted by atomic mass is 9.67. The van der Waals surface area contributed by atoms with Crippen LogP contribution in [-0.4, -0.2) is 15.0 Å². The van der Waals surface area contributed by atoms with Gasteiger partial charge in [-0.2, -0.15) is 0 Å². The average molecular weight is 792 g/mol. The minimum atomic E-state index is -0.537. The Bertz CT molecular complexity index is 3350. The molecule has 1 aliphatic rings. The average Bonchev–Trinajstić information content (AvgIpc) is 3.89. The largest absolute Gasteiger partial charge is 0.454 e. The van der Waals surface area contributed by atoms with E-state index in [2.05, 4.69) is 176 Å². The molecule has 3 aromatic heterocycles. The lowest BCUT2D eigenvalue weighted by molar-refractivity contribution is 0.669. The molecule has 4 nitrogen and oxygen atoms in total. The van der Waals surface area contributed by atoms with Crippen LogP contribution < -0.4 is 0 Å². The highest BCUT2D eigenvalue weighted by Gasteiger charge is 2.46. The highest BCUT2D eigenvalue weighted by atomic mass is 16.3. The fraction of sp³-hybridized carbons (Fsp3) is 0.0172. The summed E-state index contributed by atoms with van der Waals surface area (Å²) in [5.74, 6) is 0.665. The summed E-state index contributed by atoms with van der Waals surface area (Å²) >= 11 is 0. The van der Waals surface area contributed by atoms with Crippen LogP contribution in [0.2, 0.25) is 0 Å². The van der Waals surface area contributed by atoms with Crippen molar-refractivity contribution in [3.63, 3.8) is 0 Å². The van der Waals surface area contributed by atoms with Crippen LogP contribution in [0.5, 0.6) is 0 Å². The van der Waals surface area contributed by atoms with Gasteiger partial charge in [0.15, 0.2) is 11.4 Å². The molecule has 0 bridgehead atoms. The van der Waals surface area contributed by atoms with E-state index in [-0.39, 0.29) is 0 Å². The van der Waals surface area contributed by atoms with Crippen molar-refractivity contribution >= 4 is 22.1 Å². The summed E-state index contributed by atoms with van der Waals surface area (Å²) in [6.07, 6.45) is 1.88. The van der Waals surface area contributed by atoms with Gasteiger partial charge in [0.1, 0.15) is 11.1 Å². The van der Waals surface area contributed by atoms with E-state index in [0.29, 0.717) is 5.82 Å². The predicted molar refractivity (Wildman–Crippen MR) is 252 cm³/mol. The van der Waals surface area contributed by atoms with Crippen LogP contribution in [0.25, 0.3) is 89.4 Å². The molecule has 0 radical (unpaired) electrons. The van der Waals surface area contributed by atoms with Crippen molar-refractivity contribution in [3.8, 4) is 67.3 Å². The zero-order valence-electron chi connectivity index (χ0n) is 33.6. The monoisotopic (exact) mass is 791 g/mol. The Morgan fingerprint density at radius 2 is 1.00 bits per heavy atom. The third-order valence-electron chi connectivity index (χ3n) is 12.5. The number of nitrogens with zero attached hydrogens (tertiary/aromatic N) is 3. The molecule has 3 heterocycles. The van der Waals surface area contributed by atoms with Gasteiger partial charge >= 0.3 is 0 Å². The summed E-state index contributed by atoms with van der Waals surface area (Å²) in [6, 6.07) is 77.4. The fourth-order valence-corrected chi connectivity index (χ4v) is 9.77. The standard InChI is InChI=1S/C58H37N3O/c1-5-18-38(19-6-1)51-37-52(61-57(60-51)39-20-7-2-8-21-39)48-36-40(43-34-35-59-55-47-27-14-16-31-53(47)62-56(43)55)32-33-44(48)45-28-17-30-50-54(45)46-26-13-15-29-49(46)58(50,41-22-9-3-10-23-41)42-24-11-4-12-25-42/h1-37H. The van der Waals surface area contributed by atoms with E-state index in [1.807, 2.05) is 48.7 Å². The van der Waals surface area contributed by atoms with Crippen LogP contribution in [0.15, 0.2) is 229 Å². The van der Waals surface area contributed by atoms with Gasteiger partial charge in [-0.05, 0) is 80.4 Å². The number of benzene rings is 8. The van der Waals surface area contributed by atoms with Gasteiger partial charge in [-0.1, -0.05) is 188 Å². The molecule has 0 amide bonds. The molecule has 0 N–H and O–H groups in total. The van der Waals surface area contributed by atoms with Crippen LogP contribution in [0.4, 0.5) is 0 Å². The van der Waals surface area contributed by atoms with E-state index in [4.69, 9.17) is 19.4 Å². The molecular formula is C58H37N3O. The molecule has 0 saturated heterocycles. The van der Waals surface area contributed by atoms with Gasteiger partial charge in [-0.25, -0.2) is 9.97 Å². The molecule has 0 atom stereocenters. The van der Waals surface area contributed by atoms with Gasteiger partial charge in [0.05, 0.1) is 16.8 Å². The normalized spacial score (nSPS) is 12.6. The van der Waals surface area contributed by atoms with E-state index < -0.39 is 5.41 Å². The Morgan fingerprint density at radius 1 is 0.387 bits per heavy atom. The first-order valence-electron chi connectivity index (χ1n) is 21.0. The van der Waals surface area contributed by atoms with E-state index in [9.17, 15) is 0 Å². The molecule has 0 fully saturated rings. The predicted octanol–water partition coefficient (Wildman–Crippen LogP) is 14.5. The lowest BCUT2D eigenvalue weighted by Gasteiger charge is -2.34. The molecule has 11 aromatic rings. The summed E-state index contributed by atoms with van der Waals surface area (Å²) < 4.78 is 6.57. The smallest absolute Gasteiger partial charge is 0.161 e. The van der Waals surface area contributed by atoms with Crippen molar-refractivity contribution in [2.24, 2.45) is 0 Å². The molecule has 0 unspecified atom stereocenters. The van der Waals surface area contributed by atoms with Crippen LogP contribution in [0, 0.1) is 0 Å². The van der Waals surface area contributed by atoms with Crippen molar-refractivity contribution in [2.75, 3.05) is 0 Å². The van der Waals surface area contributed by atoms with Gasteiger partial charge < -0.3 is 4.42 Å². The Morgan fingerprint density at radius 3 is 1.76 bits per heavy atom. The molecule has 0 aliphatic heterocycles. The molecule has 290 valence electrons. The first kappa shape index (κ1) is 35.7.